The van der Waals surface area contributed by atoms with Gasteiger partial charge in [-0.1, -0.05) is 30.3 Å². The van der Waals surface area contributed by atoms with Crippen LogP contribution < -0.4 is 5.32 Å². The third-order valence-corrected chi connectivity index (χ3v) is 3.68. The number of nitrogens with zero attached hydrogens (tertiary/aromatic N) is 1. The number of anilines is 1. The summed E-state index contributed by atoms with van der Waals surface area (Å²) in [5, 5.41) is 2.73. The summed E-state index contributed by atoms with van der Waals surface area (Å²) in [7, 11) is 0. The fourth-order valence-corrected chi connectivity index (χ4v) is 2.36. The van der Waals surface area contributed by atoms with Crippen LogP contribution in [0.15, 0.2) is 54.6 Å². The Labute approximate surface area is 152 Å². The van der Waals surface area contributed by atoms with Crippen LogP contribution in [0.3, 0.4) is 0 Å². The second kappa shape index (κ2) is 9.36. The normalized spacial score (nSPS) is 10.1. The van der Waals surface area contributed by atoms with Gasteiger partial charge in [0.1, 0.15) is 6.54 Å². The molecule has 0 unspecified atom stereocenters. The molecular formula is C20H22N2O4. The van der Waals surface area contributed by atoms with Crippen LogP contribution in [0.5, 0.6) is 0 Å². The Morgan fingerprint density at radius 3 is 2.23 bits per heavy atom. The van der Waals surface area contributed by atoms with E-state index in [9.17, 15) is 14.4 Å². The Balaban J connectivity index is 1.95. The highest BCUT2D eigenvalue weighted by Gasteiger charge is 2.14. The first-order valence-electron chi connectivity index (χ1n) is 8.36. The number of carbonyl (C=O) groups is 3. The minimum atomic E-state index is -0.406. The van der Waals surface area contributed by atoms with E-state index in [-0.39, 0.29) is 18.4 Å². The van der Waals surface area contributed by atoms with Crippen molar-refractivity contribution in [3.63, 3.8) is 0 Å². The molecule has 2 aromatic rings. The van der Waals surface area contributed by atoms with Crippen LogP contribution in [0.25, 0.3) is 0 Å². The highest BCUT2D eigenvalue weighted by Crippen LogP contribution is 2.11. The number of rotatable bonds is 7. The Hall–Kier alpha value is -3.15. The van der Waals surface area contributed by atoms with Crippen LogP contribution in [0, 0.1) is 0 Å². The van der Waals surface area contributed by atoms with Crippen LogP contribution in [0.4, 0.5) is 5.69 Å². The molecule has 0 aromatic heterocycles. The Kier molecular flexibility index (Phi) is 6.91. The van der Waals surface area contributed by atoms with Gasteiger partial charge < -0.3 is 15.0 Å². The van der Waals surface area contributed by atoms with Crippen molar-refractivity contribution in [1.29, 1.82) is 0 Å². The predicted molar refractivity (Wildman–Crippen MR) is 98.6 cm³/mol. The second-order valence-corrected chi connectivity index (χ2v) is 5.71. The fraction of sp³-hybridized carbons (Fsp3) is 0.250. The van der Waals surface area contributed by atoms with Gasteiger partial charge in [0.15, 0.2) is 0 Å². The van der Waals surface area contributed by atoms with Crippen molar-refractivity contribution >= 4 is 23.5 Å². The van der Waals surface area contributed by atoms with Crippen LogP contribution in [0.2, 0.25) is 0 Å². The molecule has 0 saturated carbocycles. The first-order valence-corrected chi connectivity index (χ1v) is 8.36. The average molecular weight is 354 g/mol. The molecule has 0 aliphatic carbocycles. The molecule has 0 atom stereocenters. The van der Waals surface area contributed by atoms with Crippen LogP contribution >= 0.6 is 0 Å². The molecule has 2 amide bonds. The van der Waals surface area contributed by atoms with E-state index < -0.39 is 5.97 Å². The molecule has 26 heavy (non-hydrogen) atoms. The minimum Gasteiger partial charge on any atom is -0.462 e. The number of amides is 2. The van der Waals surface area contributed by atoms with Gasteiger partial charge in [-0.2, -0.15) is 0 Å². The zero-order chi connectivity index (χ0) is 18.9. The molecular weight excluding hydrogens is 332 g/mol. The van der Waals surface area contributed by atoms with Gasteiger partial charge >= 0.3 is 5.97 Å². The molecule has 0 fully saturated rings. The van der Waals surface area contributed by atoms with Crippen molar-refractivity contribution in [2.45, 2.75) is 20.4 Å². The highest BCUT2D eigenvalue weighted by atomic mass is 16.5. The quantitative estimate of drug-likeness (QED) is 0.776. The summed E-state index contributed by atoms with van der Waals surface area (Å²) in [6.07, 6.45) is 0. The number of ether oxygens (including phenoxy) is 1. The zero-order valence-corrected chi connectivity index (χ0v) is 14.9. The molecule has 2 rings (SSSR count). The molecule has 0 spiro atoms. The molecule has 1 N–H and O–H groups in total. The largest absolute Gasteiger partial charge is 0.462 e. The van der Waals surface area contributed by atoms with E-state index in [0.29, 0.717) is 24.4 Å². The lowest BCUT2D eigenvalue weighted by Crippen LogP contribution is -2.36. The fourth-order valence-electron chi connectivity index (χ4n) is 2.36. The molecule has 0 aliphatic rings. The van der Waals surface area contributed by atoms with Crippen molar-refractivity contribution in [3.05, 3.63) is 65.7 Å². The molecule has 0 bridgehead atoms. The van der Waals surface area contributed by atoms with Gasteiger partial charge in [-0.15, -0.1) is 0 Å². The van der Waals surface area contributed by atoms with Crippen LogP contribution in [0.1, 0.15) is 29.8 Å². The number of benzene rings is 2. The average Bonchev–Trinajstić information content (AvgIpc) is 2.62. The lowest BCUT2D eigenvalue weighted by atomic mass is 10.2. The molecule has 6 heteroatoms. The monoisotopic (exact) mass is 354 g/mol. The van der Waals surface area contributed by atoms with Gasteiger partial charge in [0.2, 0.25) is 11.8 Å². The van der Waals surface area contributed by atoms with Crippen molar-refractivity contribution in [2.24, 2.45) is 0 Å². The second-order valence-electron chi connectivity index (χ2n) is 5.71. The summed E-state index contributed by atoms with van der Waals surface area (Å²) in [5.41, 5.74) is 1.92. The third kappa shape index (κ3) is 5.73. The highest BCUT2D eigenvalue weighted by molar-refractivity contribution is 5.95. The molecule has 6 nitrogen and oxygen atoms in total. The van der Waals surface area contributed by atoms with Crippen LogP contribution in [-0.4, -0.2) is 35.8 Å². The van der Waals surface area contributed by atoms with E-state index in [0.717, 1.165) is 5.56 Å². The lowest BCUT2D eigenvalue weighted by molar-refractivity contribution is -0.133. The molecule has 0 aliphatic heterocycles. The molecule has 2 aromatic carbocycles. The number of hydrogen-bond donors (Lipinski definition) is 1. The number of hydrogen-bond acceptors (Lipinski definition) is 4. The van der Waals surface area contributed by atoms with E-state index in [2.05, 4.69) is 5.32 Å². The summed E-state index contributed by atoms with van der Waals surface area (Å²) in [6.45, 7) is 3.79. The van der Waals surface area contributed by atoms with Gasteiger partial charge in [-0.05, 0) is 36.8 Å². The van der Waals surface area contributed by atoms with Gasteiger partial charge in [0.05, 0.1) is 12.2 Å². The summed E-state index contributed by atoms with van der Waals surface area (Å²) in [6, 6.07) is 15.9. The maximum atomic E-state index is 12.2. The lowest BCUT2D eigenvalue weighted by Gasteiger charge is -2.20. The Morgan fingerprint density at radius 2 is 1.65 bits per heavy atom. The third-order valence-electron chi connectivity index (χ3n) is 3.68. The van der Waals surface area contributed by atoms with Crippen molar-refractivity contribution in [2.75, 3.05) is 18.5 Å². The van der Waals surface area contributed by atoms with Gasteiger partial charge in [-0.3, -0.25) is 9.59 Å². The van der Waals surface area contributed by atoms with Gasteiger partial charge in [0.25, 0.3) is 0 Å². The van der Waals surface area contributed by atoms with E-state index in [4.69, 9.17) is 4.74 Å². The van der Waals surface area contributed by atoms with E-state index in [1.165, 1.54) is 11.8 Å². The molecule has 0 saturated heterocycles. The molecule has 0 heterocycles. The van der Waals surface area contributed by atoms with Crippen LogP contribution in [-0.2, 0) is 20.9 Å². The first kappa shape index (κ1) is 19.2. The molecule has 136 valence electrons. The summed E-state index contributed by atoms with van der Waals surface area (Å²) in [4.78, 5) is 37.1. The standard InChI is InChI=1S/C20H22N2O4/c1-3-26-20(25)17-9-11-18(12-10-17)21-19(24)14-22(15(2)23)13-16-7-5-4-6-8-16/h4-12H,3,13-14H2,1-2H3,(H,21,24). The van der Waals surface area contributed by atoms with E-state index in [1.807, 2.05) is 30.3 Å². The maximum Gasteiger partial charge on any atom is 0.338 e. The SMILES string of the molecule is CCOC(=O)c1ccc(NC(=O)CN(Cc2ccccc2)C(C)=O)cc1. The number of esters is 1. The Morgan fingerprint density at radius 1 is 1.00 bits per heavy atom. The predicted octanol–water partition coefficient (Wildman–Crippen LogP) is 2.85. The summed E-state index contributed by atoms with van der Waals surface area (Å²) >= 11 is 0. The topological polar surface area (TPSA) is 75.7 Å². The smallest absolute Gasteiger partial charge is 0.338 e. The minimum absolute atomic E-state index is 0.0517. The first-order chi connectivity index (χ1) is 12.5. The molecule has 0 radical (unpaired) electrons. The Bertz CT molecular complexity index is 757. The number of carbonyl (C=O) groups excluding carboxylic acids is 3. The zero-order valence-electron chi connectivity index (χ0n) is 14.9. The van der Waals surface area contributed by atoms with Crippen molar-refractivity contribution in [1.82, 2.24) is 4.90 Å². The maximum absolute atomic E-state index is 12.2. The van der Waals surface area contributed by atoms with E-state index >= 15 is 0 Å². The summed E-state index contributed by atoms with van der Waals surface area (Å²) in [5.74, 6) is -0.891. The number of nitrogens with one attached hydrogen (secondary N) is 1. The van der Waals surface area contributed by atoms with Crippen molar-refractivity contribution < 1.29 is 19.1 Å². The summed E-state index contributed by atoms with van der Waals surface area (Å²) < 4.78 is 4.91. The van der Waals surface area contributed by atoms with Gasteiger partial charge in [-0.25, -0.2) is 4.79 Å². The van der Waals surface area contributed by atoms with Crippen molar-refractivity contribution in [3.8, 4) is 0 Å². The van der Waals surface area contributed by atoms with Gasteiger partial charge in [0, 0.05) is 19.2 Å². The van der Waals surface area contributed by atoms with E-state index in [1.54, 1.807) is 31.2 Å².